The Morgan fingerprint density at radius 2 is 1.94 bits per heavy atom. The minimum absolute atomic E-state index is 0.470. The standard InChI is InChI=1S/C15H30N2/c1-5-10-16-14-13(8-9-15(14,2)3)17(4)11-12-6-7-12/h12-14,16H,5-11H2,1-4H3. The lowest BCUT2D eigenvalue weighted by Crippen LogP contribution is -2.51. The summed E-state index contributed by atoms with van der Waals surface area (Å²) in [6.07, 6.45) is 6.91. The minimum atomic E-state index is 0.470. The lowest BCUT2D eigenvalue weighted by molar-refractivity contribution is 0.166. The molecule has 0 heterocycles. The molecule has 2 unspecified atom stereocenters. The molecule has 0 aromatic heterocycles. The first-order chi connectivity index (χ1) is 8.04. The van der Waals surface area contributed by atoms with Crippen molar-refractivity contribution in [2.75, 3.05) is 20.1 Å². The van der Waals surface area contributed by atoms with E-state index < -0.39 is 0 Å². The molecule has 2 saturated carbocycles. The zero-order valence-corrected chi connectivity index (χ0v) is 12.1. The average molecular weight is 238 g/mol. The lowest BCUT2D eigenvalue weighted by Gasteiger charge is -2.36. The Bertz CT molecular complexity index is 245. The summed E-state index contributed by atoms with van der Waals surface area (Å²) in [5.74, 6) is 1.01. The molecule has 0 aliphatic heterocycles. The van der Waals surface area contributed by atoms with Crippen molar-refractivity contribution in [2.24, 2.45) is 11.3 Å². The highest BCUT2D eigenvalue weighted by atomic mass is 15.2. The summed E-state index contributed by atoms with van der Waals surface area (Å²) in [6.45, 7) is 9.63. The van der Waals surface area contributed by atoms with Crippen molar-refractivity contribution in [1.82, 2.24) is 10.2 Å². The predicted octanol–water partition coefficient (Wildman–Crippen LogP) is 2.89. The smallest absolute Gasteiger partial charge is 0.0274 e. The summed E-state index contributed by atoms with van der Waals surface area (Å²) < 4.78 is 0. The van der Waals surface area contributed by atoms with Crippen LogP contribution in [0.25, 0.3) is 0 Å². The second kappa shape index (κ2) is 5.27. The Hall–Kier alpha value is -0.0800. The molecule has 0 amide bonds. The second-order valence-corrected chi connectivity index (χ2v) is 6.91. The van der Waals surface area contributed by atoms with Crippen LogP contribution in [0.1, 0.15) is 52.9 Å². The summed E-state index contributed by atoms with van der Waals surface area (Å²) in [5, 5.41) is 3.80. The van der Waals surface area contributed by atoms with Crippen LogP contribution >= 0.6 is 0 Å². The van der Waals surface area contributed by atoms with E-state index in [4.69, 9.17) is 0 Å². The maximum atomic E-state index is 3.80. The fraction of sp³-hybridized carbons (Fsp3) is 1.00. The first-order valence-electron chi connectivity index (χ1n) is 7.48. The normalized spacial score (nSPS) is 32.3. The van der Waals surface area contributed by atoms with Crippen molar-refractivity contribution in [1.29, 1.82) is 0 Å². The van der Waals surface area contributed by atoms with Crippen LogP contribution in [0.3, 0.4) is 0 Å². The molecule has 2 aliphatic carbocycles. The summed E-state index contributed by atoms with van der Waals surface area (Å²) in [7, 11) is 2.34. The first-order valence-corrected chi connectivity index (χ1v) is 7.48. The van der Waals surface area contributed by atoms with Gasteiger partial charge in [-0.15, -0.1) is 0 Å². The number of likely N-dealkylation sites (N-methyl/N-ethyl adjacent to an activating group) is 1. The number of hydrogen-bond acceptors (Lipinski definition) is 2. The molecule has 2 atom stereocenters. The quantitative estimate of drug-likeness (QED) is 0.765. The predicted molar refractivity (Wildman–Crippen MR) is 74.2 cm³/mol. The zero-order valence-electron chi connectivity index (χ0n) is 12.1. The van der Waals surface area contributed by atoms with Gasteiger partial charge in [-0.1, -0.05) is 20.8 Å². The van der Waals surface area contributed by atoms with Gasteiger partial charge in [0.1, 0.15) is 0 Å². The Labute approximate surface area is 107 Å². The SMILES string of the molecule is CCCNC1C(N(C)CC2CC2)CCC1(C)C. The Morgan fingerprint density at radius 1 is 1.24 bits per heavy atom. The van der Waals surface area contributed by atoms with E-state index in [0.29, 0.717) is 11.5 Å². The molecule has 2 heteroatoms. The van der Waals surface area contributed by atoms with Crippen molar-refractivity contribution in [3.63, 3.8) is 0 Å². The third-order valence-electron chi connectivity index (χ3n) is 4.73. The van der Waals surface area contributed by atoms with Crippen molar-refractivity contribution in [3.05, 3.63) is 0 Å². The van der Waals surface area contributed by atoms with Crippen LogP contribution in [0.15, 0.2) is 0 Å². The molecule has 0 bridgehead atoms. The van der Waals surface area contributed by atoms with Crippen molar-refractivity contribution < 1.29 is 0 Å². The van der Waals surface area contributed by atoms with Crippen LogP contribution in [0.2, 0.25) is 0 Å². The molecule has 0 saturated heterocycles. The van der Waals surface area contributed by atoms with Gasteiger partial charge in [0, 0.05) is 18.6 Å². The molecular formula is C15H30N2. The number of nitrogens with zero attached hydrogens (tertiary/aromatic N) is 1. The van der Waals surface area contributed by atoms with Crippen LogP contribution in [0, 0.1) is 11.3 Å². The summed E-state index contributed by atoms with van der Waals surface area (Å²) in [5.41, 5.74) is 0.470. The zero-order chi connectivity index (χ0) is 12.5. The Kier molecular flexibility index (Phi) is 4.14. The Balaban J connectivity index is 1.93. The highest BCUT2D eigenvalue weighted by Gasteiger charge is 2.43. The summed E-state index contributed by atoms with van der Waals surface area (Å²) >= 11 is 0. The van der Waals surface area contributed by atoms with Gasteiger partial charge in [0.2, 0.25) is 0 Å². The molecule has 17 heavy (non-hydrogen) atoms. The molecule has 2 fully saturated rings. The fourth-order valence-corrected chi connectivity index (χ4v) is 3.39. The van der Waals surface area contributed by atoms with E-state index in [9.17, 15) is 0 Å². The van der Waals surface area contributed by atoms with Crippen LogP contribution < -0.4 is 5.32 Å². The molecule has 2 rings (SSSR count). The van der Waals surface area contributed by atoms with Crippen LogP contribution in [-0.4, -0.2) is 37.1 Å². The van der Waals surface area contributed by atoms with E-state index >= 15 is 0 Å². The topological polar surface area (TPSA) is 15.3 Å². The summed E-state index contributed by atoms with van der Waals surface area (Å²) in [4.78, 5) is 2.64. The van der Waals surface area contributed by atoms with Gasteiger partial charge in [-0.05, 0) is 57.0 Å². The van der Waals surface area contributed by atoms with E-state index in [-0.39, 0.29) is 0 Å². The third kappa shape index (κ3) is 3.23. The number of hydrogen-bond donors (Lipinski definition) is 1. The van der Waals surface area contributed by atoms with Gasteiger partial charge in [0.15, 0.2) is 0 Å². The van der Waals surface area contributed by atoms with Gasteiger partial charge < -0.3 is 10.2 Å². The van der Waals surface area contributed by atoms with E-state index in [1.54, 1.807) is 0 Å². The molecule has 100 valence electrons. The molecule has 0 radical (unpaired) electrons. The second-order valence-electron chi connectivity index (χ2n) is 6.91. The van der Waals surface area contributed by atoms with Crippen molar-refractivity contribution in [2.45, 2.75) is 65.0 Å². The first kappa shape index (κ1) is 13.4. The molecule has 0 aromatic carbocycles. The van der Waals surface area contributed by atoms with Crippen molar-refractivity contribution >= 4 is 0 Å². The lowest BCUT2D eigenvalue weighted by atomic mass is 9.86. The molecule has 0 spiro atoms. The average Bonchev–Trinajstić information content (AvgIpc) is 3.00. The van der Waals surface area contributed by atoms with Gasteiger partial charge >= 0.3 is 0 Å². The molecular weight excluding hydrogens is 208 g/mol. The fourth-order valence-electron chi connectivity index (χ4n) is 3.39. The Morgan fingerprint density at radius 3 is 2.53 bits per heavy atom. The van der Waals surface area contributed by atoms with E-state index in [0.717, 1.165) is 12.0 Å². The monoisotopic (exact) mass is 238 g/mol. The molecule has 1 N–H and O–H groups in total. The van der Waals surface area contributed by atoms with E-state index in [1.165, 1.54) is 45.2 Å². The molecule has 2 aliphatic rings. The largest absolute Gasteiger partial charge is 0.312 e. The van der Waals surface area contributed by atoms with Gasteiger partial charge in [-0.2, -0.15) is 0 Å². The highest BCUT2D eigenvalue weighted by molar-refractivity contribution is 5.01. The van der Waals surface area contributed by atoms with Gasteiger partial charge in [-0.25, -0.2) is 0 Å². The maximum Gasteiger partial charge on any atom is 0.0274 e. The minimum Gasteiger partial charge on any atom is -0.312 e. The highest BCUT2D eigenvalue weighted by Crippen LogP contribution is 2.40. The van der Waals surface area contributed by atoms with E-state index in [1.807, 2.05) is 0 Å². The summed E-state index contributed by atoms with van der Waals surface area (Å²) in [6, 6.07) is 1.45. The maximum absolute atomic E-state index is 3.80. The number of rotatable bonds is 6. The van der Waals surface area contributed by atoms with Crippen molar-refractivity contribution in [3.8, 4) is 0 Å². The third-order valence-corrected chi connectivity index (χ3v) is 4.73. The number of nitrogens with one attached hydrogen (secondary N) is 1. The van der Waals surface area contributed by atoms with Crippen LogP contribution in [-0.2, 0) is 0 Å². The van der Waals surface area contributed by atoms with Crippen LogP contribution in [0.5, 0.6) is 0 Å². The van der Waals surface area contributed by atoms with Gasteiger partial charge in [0.25, 0.3) is 0 Å². The van der Waals surface area contributed by atoms with Crippen LogP contribution in [0.4, 0.5) is 0 Å². The van der Waals surface area contributed by atoms with E-state index in [2.05, 4.69) is 38.0 Å². The molecule has 0 aromatic rings. The van der Waals surface area contributed by atoms with Gasteiger partial charge in [-0.3, -0.25) is 0 Å². The molecule has 2 nitrogen and oxygen atoms in total. The van der Waals surface area contributed by atoms with Gasteiger partial charge in [0.05, 0.1) is 0 Å².